The lowest BCUT2D eigenvalue weighted by atomic mass is 9.94. The van der Waals surface area contributed by atoms with Gasteiger partial charge >= 0.3 is 6.18 Å². The number of hydrogen-bond acceptors (Lipinski definition) is 2. The first-order chi connectivity index (χ1) is 16.6. The van der Waals surface area contributed by atoms with E-state index in [1.54, 1.807) is 48.5 Å². The zero-order chi connectivity index (χ0) is 25.2. The monoisotopic (exact) mass is 501 g/mol. The first kappa shape index (κ1) is 24.7. The van der Waals surface area contributed by atoms with Crippen molar-refractivity contribution in [2.24, 2.45) is 0 Å². The molecule has 0 aliphatic heterocycles. The van der Waals surface area contributed by atoms with Gasteiger partial charge in [-0.1, -0.05) is 60.1 Å². The lowest BCUT2D eigenvalue weighted by Crippen LogP contribution is -2.41. The average Bonchev–Trinajstić information content (AvgIpc) is 2.84. The molecule has 2 atom stereocenters. The van der Waals surface area contributed by atoms with Crippen molar-refractivity contribution in [2.75, 3.05) is 0 Å². The molecule has 0 spiro atoms. The summed E-state index contributed by atoms with van der Waals surface area (Å²) in [6.45, 7) is 0. The molecule has 0 aliphatic rings. The highest BCUT2D eigenvalue weighted by molar-refractivity contribution is 6.30. The number of amides is 1. The zero-order valence-corrected chi connectivity index (χ0v) is 18.9. The van der Waals surface area contributed by atoms with Gasteiger partial charge in [-0.25, -0.2) is 4.39 Å². The third-order valence-electron chi connectivity index (χ3n) is 5.76. The van der Waals surface area contributed by atoms with Gasteiger partial charge in [-0.05, 0) is 59.3 Å². The van der Waals surface area contributed by atoms with Gasteiger partial charge in [-0.3, -0.25) is 4.79 Å². The molecule has 0 aromatic heterocycles. The minimum Gasteiger partial charge on any atom is -0.386 e. The number of benzene rings is 4. The number of carbonyl (C=O) groups is 1. The van der Waals surface area contributed by atoms with Crippen molar-refractivity contribution in [1.82, 2.24) is 5.32 Å². The van der Waals surface area contributed by atoms with Crippen LogP contribution in [0, 0.1) is 5.82 Å². The van der Waals surface area contributed by atoms with Gasteiger partial charge in [0, 0.05) is 16.0 Å². The fraction of sp³-hybridized carbons (Fsp3) is 0.148. The van der Waals surface area contributed by atoms with Gasteiger partial charge in [0.1, 0.15) is 5.82 Å². The van der Waals surface area contributed by atoms with Crippen LogP contribution >= 0.6 is 11.6 Å². The summed E-state index contributed by atoms with van der Waals surface area (Å²) in [7, 11) is 0. The zero-order valence-electron chi connectivity index (χ0n) is 18.2. The molecule has 1 amide bonds. The number of halogens is 5. The van der Waals surface area contributed by atoms with E-state index in [0.29, 0.717) is 21.5 Å². The second-order valence-corrected chi connectivity index (χ2v) is 8.55. The molecule has 3 nitrogen and oxygen atoms in total. The van der Waals surface area contributed by atoms with Crippen LogP contribution in [0.5, 0.6) is 0 Å². The van der Waals surface area contributed by atoms with Crippen LogP contribution in [-0.4, -0.2) is 17.1 Å². The normalized spacial score (nSPS) is 13.4. The van der Waals surface area contributed by atoms with Crippen molar-refractivity contribution in [3.8, 4) is 0 Å². The van der Waals surface area contributed by atoms with Crippen LogP contribution < -0.4 is 5.32 Å². The van der Waals surface area contributed by atoms with E-state index in [1.807, 2.05) is 0 Å². The Morgan fingerprint density at radius 2 is 1.51 bits per heavy atom. The van der Waals surface area contributed by atoms with E-state index in [0.717, 1.165) is 12.1 Å². The average molecular weight is 502 g/mol. The van der Waals surface area contributed by atoms with Gasteiger partial charge in [0.15, 0.2) is 0 Å². The Bertz CT molecular complexity index is 1340. The van der Waals surface area contributed by atoms with Gasteiger partial charge in [-0.15, -0.1) is 0 Å². The lowest BCUT2D eigenvalue weighted by Gasteiger charge is -2.25. The van der Waals surface area contributed by atoms with Crippen molar-refractivity contribution in [2.45, 2.75) is 24.7 Å². The number of fused-ring (bicyclic) bond motifs is 1. The number of carbonyl (C=O) groups excluding carboxylic acids is 1. The highest BCUT2D eigenvalue weighted by atomic mass is 35.5. The first-order valence-electron chi connectivity index (χ1n) is 10.7. The fourth-order valence-electron chi connectivity index (χ4n) is 3.92. The number of nitrogens with one attached hydrogen (secondary N) is 1. The van der Waals surface area contributed by atoms with E-state index in [4.69, 9.17) is 11.6 Å². The smallest absolute Gasteiger partial charge is 0.386 e. The number of aliphatic hydroxyl groups excluding tert-OH is 1. The SMILES string of the molecule is O=C(NC(Cc1ccc(C(F)(F)F)cc1)C(O)c1ccc(Cl)cc1)c1ccc(F)c2ccccc12. The van der Waals surface area contributed by atoms with E-state index in [1.165, 1.54) is 24.3 Å². The fourth-order valence-corrected chi connectivity index (χ4v) is 4.05. The van der Waals surface area contributed by atoms with Crippen LogP contribution in [0.1, 0.15) is 33.2 Å². The molecule has 0 radical (unpaired) electrons. The maximum absolute atomic E-state index is 14.2. The van der Waals surface area contributed by atoms with Crippen molar-refractivity contribution in [3.63, 3.8) is 0 Å². The third kappa shape index (κ3) is 5.63. The van der Waals surface area contributed by atoms with Gasteiger partial charge < -0.3 is 10.4 Å². The minimum atomic E-state index is -4.47. The Kier molecular flexibility index (Phi) is 7.10. The van der Waals surface area contributed by atoms with Crippen molar-refractivity contribution in [1.29, 1.82) is 0 Å². The summed E-state index contributed by atoms with van der Waals surface area (Å²) in [6.07, 6.45) is -5.61. The van der Waals surface area contributed by atoms with E-state index < -0.39 is 35.6 Å². The maximum Gasteiger partial charge on any atom is 0.416 e. The molecule has 2 N–H and O–H groups in total. The van der Waals surface area contributed by atoms with Crippen LogP contribution in [0.15, 0.2) is 84.9 Å². The predicted octanol–water partition coefficient (Wildman–Crippen LogP) is 6.73. The van der Waals surface area contributed by atoms with Gasteiger partial charge in [-0.2, -0.15) is 13.2 Å². The second-order valence-electron chi connectivity index (χ2n) is 8.12. The minimum absolute atomic E-state index is 0.0484. The molecule has 8 heteroatoms. The molecule has 0 saturated heterocycles. The summed E-state index contributed by atoms with van der Waals surface area (Å²) in [6, 6.07) is 19.1. The summed E-state index contributed by atoms with van der Waals surface area (Å²) in [5, 5.41) is 15.0. The third-order valence-corrected chi connectivity index (χ3v) is 6.01. The highest BCUT2D eigenvalue weighted by Crippen LogP contribution is 2.30. The molecular weight excluding hydrogens is 482 g/mol. The number of aliphatic hydroxyl groups is 1. The lowest BCUT2D eigenvalue weighted by molar-refractivity contribution is -0.137. The summed E-state index contributed by atoms with van der Waals surface area (Å²) < 4.78 is 53.1. The van der Waals surface area contributed by atoms with Crippen LogP contribution in [-0.2, 0) is 12.6 Å². The molecule has 4 aromatic carbocycles. The molecule has 35 heavy (non-hydrogen) atoms. The molecular formula is C27H20ClF4NO2. The van der Waals surface area contributed by atoms with E-state index in [9.17, 15) is 27.5 Å². The van der Waals surface area contributed by atoms with E-state index in [2.05, 4.69) is 5.32 Å². The predicted molar refractivity (Wildman–Crippen MR) is 127 cm³/mol. The molecule has 180 valence electrons. The van der Waals surface area contributed by atoms with Gasteiger partial charge in [0.05, 0.1) is 17.7 Å². The molecule has 0 fully saturated rings. The Balaban J connectivity index is 1.66. The number of hydrogen-bond donors (Lipinski definition) is 2. The molecule has 0 saturated carbocycles. The topological polar surface area (TPSA) is 49.3 Å². The summed E-state index contributed by atoms with van der Waals surface area (Å²) in [5.41, 5.74) is 0.372. The van der Waals surface area contributed by atoms with Crippen LogP contribution in [0.2, 0.25) is 5.02 Å². The molecule has 0 heterocycles. The maximum atomic E-state index is 14.2. The molecule has 2 unspecified atom stereocenters. The molecule has 0 bridgehead atoms. The Hall–Kier alpha value is -3.42. The van der Waals surface area contributed by atoms with Crippen molar-refractivity contribution < 1.29 is 27.5 Å². The van der Waals surface area contributed by atoms with E-state index in [-0.39, 0.29) is 17.4 Å². The Morgan fingerprint density at radius 1 is 0.886 bits per heavy atom. The molecule has 4 rings (SSSR count). The summed E-state index contributed by atoms with van der Waals surface area (Å²) in [5.74, 6) is -1.02. The largest absolute Gasteiger partial charge is 0.416 e. The second kappa shape index (κ2) is 10.1. The van der Waals surface area contributed by atoms with Crippen LogP contribution in [0.3, 0.4) is 0 Å². The summed E-state index contributed by atoms with van der Waals surface area (Å²) >= 11 is 5.94. The van der Waals surface area contributed by atoms with Crippen LogP contribution in [0.4, 0.5) is 17.6 Å². The van der Waals surface area contributed by atoms with E-state index >= 15 is 0 Å². The molecule has 4 aromatic rings. The Morgan fingerprint density at radius 3 is 2.14 bits per heavy atom. The van der Waals surface area contributed by atoms with Crippen molar-refractivity contribution in [3.05, 3.63) is 118 Å². The Labute approximate surface area is 204 Å². The first-order valence-corrected chi connectivity index (χ1v) is 11.1. The molecule has 0 aliphatic carbocycles. The van der Waals surface area contributed by atoms with Crippen molar-refractivity contribution >= 4 is 28.3 Å². The van der Waals surface area contributed by atoms with Gasteiger partial charge in [0.25, 0.3) is 5.91 Å². The quantitative estimate of drug-likeness (QED) is 0.288. The number of rotatable bonds is 6. The van der Waals surface area contributed by atoms with Crippen LogP contribution in [0.25, 0.3) is 10.8 Å². The number of alkyl halides is 3. The van der Waals surface area contributed by atoms with Gasteiger partial charge in [0.2, 0.25) is 0 Å². The highest BCUT2D eigenvalue weighted by Gasteiger charge is 2.30. The standard InChI is InChI=1S/C27H20ClF4NO2/c28-19-11-7-17(8-12-19)25(34)24(15-16-5-9-18(10-6-16)27(30,31)32)33-26(35)22-13-14-23(29)21-4-2-1-3-20(21)22/h1-14,24-25,34H,15H2,(H,33,35). The summed E-state index contributed by atoms with van der Waals surface area (Å²) in [4.78, 5) is 13.2.